The lowest BCUT2D eigenvalue weighted by molar-refractivity contribution is 0.320. The zero-order chi connectivity index (χ0) is 11.8. The second kappa shape index (κ2) is 8.07. The van der Waals surface area contributed by atoms with Crippen LogP contribution in [0.15, 0.2) is 12.1 Å². The lowest BCUT2D eigenvalue weighted by atomic mass is 10.2. The predicted octanol–water partition coefficient (Wildman–Crippen LogP) is 3.22. The molecule has 2 nitrogen and oxygen atoms in total. The highest BCUT2D eigenvalue weighted by atomic mass is 35.5. The molecule has 0 amide bonds. The number of nitrogens with one attached hydrogen (secondary N) is 1. The van der Waals surface area contributed by atoms with E-state index in [0.717, 1.165) is 17.4 Å². The number of nitrogens with zero attached hydrogens (tertiary/aromatic N) is 1. The van der Waals surface area contributed by atoms with Crippen LogP contribution in [0.2, 0.25) is 4.34 Å². The zero-order valence-corrected chi connectivity index (χ0v) is 11.7. The first-order chi connectivity index (χ1) is 7.72. The molecule has 1 aromatic rings. The van der Waals surface area contributed by atoms with E-state index in [1.807, 2.05) is 13.1 Å². The smallest absolute Gasteiger partial charge is 0.0931 e. The van der Waals surface area contributed by atoms with E-state index in [9.17, 15) is 0 Å². The van der Waals surface area contributed by atoms with Gasteiger partial charge in [-0.25, -0.2) is 0 Å². The summed E-state index contributed by atoms with van der Waals surface area (Å²) >= 11 is 7.58. The number of hydrogen-bond donors (Lipinski definition) is 1. The highest BCUT2D eigenvalue weighted by Crippen LogP contribution is 2.22. The molecule has 0 aliphatic heterocycles. The second-order valence-electron chi connectivity index (χ2n) is 4.11. The largest absolute Gasteiger partial charge is 0.320 e. The van der Waals surface area contributed by atoms with Crippen molar-refractivity contribution in [2.75, 3.05) is 27.2 Å². The summed E-state index contributed by atoms with van der Waals surface area (Å²) in [6.45, 7) is 3.31. The molecule has 16 heavy (non-hydrogen) atoms. The Morgan fingerprint density at radius 2 is 2.12 bits per heavy atom. The summed E-state index contributed by atoms with van der Waals surface area (Å²) in [4.78, 5) is 3.71. The molecule has 0 aliphatic carbocycles. The highest BCUT2D eigenvalue weighted by Gasteiger charge is 2.02. The fourth-order valence-corrected chi connectivity index (χ4v) is 2.81. The maximum atomic E-state index is 5.90. The summed E-state index contributed by atoms with van der Waals surface area (Å²) in [5, 5.41) is 3.17. The summed E-state index contributed by atoms with van der Waals surface area (Å²) in [6.07, 6.45) is 3.85. The normalized spacial score (nSPS) is 11.2. The van der Waals surface area contributed by atoms with Crippen LogP contribution in [0.25, 0.3) is 0 Å². The van der Waals surface area contributed by atoms with Crippen LogP contribution < -0.4 is 5.32 Å². The van der Waals surface area contributed by atoms with Gasteiger partial charge in [0, 0.05) is 11.4 Å². The van der Waals surface area contributed by atoms with Crippen molar-refractivity contribution < 1.29 is 0 Å². The molecular weight excluding hydrogens is 240 g/mol. The molecule has 0 aromatic carbocycles. The minimum atomic E-state index is 0.887. The molecule has 92 valence electrons. The Bertz CT molecular complexity index is 288. The van der Waals surface area contributed by atoms with Crippen LogP contribution in [0.3, 0.4) is 0 Å². The second-order valence-corrected chi connectivity index (χ2v) is 5.91. The van der Waals surface area contributed by atoms with E-state index in [2.05, 4.69) is 23.3 Å². The maximum absolute atomic E-state index is 5.90. The topological polar surface area (TPSA) is 15.3 Å². The predicted molar refractivity (Wildman–Crippen MR) is 73.4 cm³/mol. The molecule has 0 aliphatic rings. The van der Waals surface area contributed by atoms with Crippen LogP contribution in [0, 0.1) is 0 Å². The van der Waals surface area contributed by atoms with Crippen molar-refractivity contribution >= 4 is 22.9 Å². The molecule has 0 spiro atoms. The van der Waals surface area contributed by atoms with Gasteiger partial charge in [0.2, 0.25) is 0 Å². The summed E-state index contributed by atoms with van der Waals surface area (Å²) < 4.78 is 0.887. The number of unbranched alkanes of at least 4 members (excludes halogenated alkanes) is 2. The number of rotatable bonds is 8. The first-order valence-corrected chi connectivity index (χ1v) is 6.99. The summed E-state index contributed by atoms with van der Waals surface area (Å²) in [5.41, 5.74) is 0. The fraction of sp³-hybridized carbons (Fsp3) is 0.667. The van der Waals surface area contributed by atoms with Crippen molar-refractivity contribution in [2.24, 2.45) is 0 Å². The quantitative estimate of drug-likeness (QED) is 0.722. The number of hydrogen-bond acceptors (Lipinski definition) is 3. The summed E-state index contributed by atoms with van der Waals surface area (Å²) in [5.74, 6) is 0. The van der Waals surface area contributed by atoms with Crippen molar-refractivity contribution in [1.82, 2.24) is 10.2 Å². The third-order valence-electron chi connectivity index (χ3n) is 2.52. The van der Waals surface area contributed by atoms with E-state index in [1.165, 1.54) is 30.7 Å². The van der Waals surface area contributed by atoms with E-state index in [1.54, 1.807) is 11.3 Å². The monoisotopic (exact) mass is 260 g/mol. The molecule has 0 saturated carbocycles. The lowest BCUT2D eigenvalue weighted by Crippen LogP contribution is -2.18. The molecule has 0 atom stereocenters. The lowest BCUT2D eigenvalue weighted by Gasteiger charge is -2.15. The third kappa shape index (κ3) is 5.85. The Morgan fingerprint density at radius 3 is 2.75 bits per heavy atom. The third-order valence-corrected chi connectivity index (χ3v) is 3.74. The van der Waals surface area contributed by atoms with Crippen molar-refractivity contribution in [3.63, 3.8) is 0 Å². The molecule has 0 fully saturated rings. The van der Waals surface area contributed by atoms with Crippen LogP contribution in [0.4, 0.5) is 0 Å². The van der Waals surface area contributed by atoms with Crippen molar-refractivity contribution in [2.45, 2.75) is 25.8 Å². The van der Waals surface area contributed by atoms with Crippen LogP contribution in [0.5, 0.6) is 0 Å². The first kappa shape index (κ1) is 14.0. The average molecular weight is 261 g/mol. The summed E-state index contributed by atoms with van der Waals surface area (Å²) in [7, 11) is 4.18. The van der Waals surface area contributed by atoms with Gasteiger partial charge in [-0.3, -0.25) is 0 Å². The van der Waals surface area contributed by atoms with E-state index in [-0.39, 0.29) is 0 Å². The van der Waals surface area contributed by atoms with Gasteiger partial charge in [0.1, 0.15) is 0 Å². The number of thiophene rings is 1. The molecule has 0 saturated heterocycles. The molecule has 1 aromatic heterocycles. The first-order valence-electron chi connectivity index (χ1n) is 5.79. The van der Waals surface area contributed by atoms with Crippen molar-refractivity contribution in [3.8, 4) is 0 Å². The molecule has 1 N–H and O–H groups in total. The Hall–Kier alpha value is -0.0900. The van der Waals surface area contributed by atoms with Gasteiger partial charge in [-0.2, -0.15) is 0 Å². The van der Waals surface area contributed by atoms with E-state index in [0.29, 0.717) is 0 Å². The van der Waals surface area contributed by atoms with Crippen LogP contribution >= 0.6 is 22.9 Å². The minimum absolute atomic E-state index is 0.887. The van der Waals surface area contributed by atoms with E-state index in [4.69, 9.17) is 11.6 Å². The van der Waals surface area contributed by atoms with E-state index < -0.39 is 0 Å². The molecule has 0 bridgehead atoms. The standard InChI is InChI=1S/C12H21ClN2S/c1-14-8-4-3-5-9-15(2)10-11-6-7-12(13)16-11/h6-7,14H,3-5,8-10H2,1-2H3. The average Bonchev–Trinajstić information content (AvgIpc) is 2.63. The molecule has 1 rings (SSSR count). The van der Waals surface area contributed by atoms with Crippen LogP contribution in [-0.4, -0.2) is 32.1 Å². The number of halogens is 1. The molecule has 1 heterocycles. The van der Waals surface area contributed by atoms with Gasteiger partial charge in [-0.15, -0.1) is 11.3 Å². The van der Waals surface area contributed by atoms with Crippen LogP contribution in [0.1, 0.15) is 24.1 Å². The SMILES string of the molecule is CNCCCCCN(C)Cc1ccc(Cl)s1. The fourth-order valence-electron chi connectivity index (χ4n) is 1.64. The van der Waals surface area contributed by atoms with Gasteiger partial charge < -0.3 is 10.2 Å². The Morgan fingerprint density at radius 1 is 1.31 bits per heavy atom. The minimum Gasteiger partial charge on any atom is -0.320 e. The molecule has 0 radical (unpaired) electrons. The van der Waals surface area contributed by atoms with Gasteiger partial charge in [0.05, 0.1) is 4.34 Å². The molecular formula is C12H21ClN2S. The molecule has 0 unspecified atom stereocenters. The van der Waals surface area contributed by atoms with Crippen molar-refractivity contribution in [3.05, 3.63) is 21.3 Å². The van der Waals surface area contributed by atoms with Gasteiger partial charge in [-0.05, 0) is 52.2 Å². The van der Waals surface area contributed by atoms with Gasteiger partial charge in [0.25, 0.3) is 0 Å². The molecule has 4 heteroatoms. The van der Waals surface area contributed by atoms with E-state index >= 15 is 0 Å². The Labute approximate surface area is 108 Å². The maximum Gasteiger partial charge on any atom is 0.0931 e. The summed E-state index contributed by atoms with van der Waals surface area (Å²) in [6, 6.07) is 4.09. The van der Waals surface area contributed by atoms with Crippen molar-refractivity contribution in [1.29, 1.82) is 0 Å². The van der Waals surface area contributed by atoms with Gasteiger partial charge in [0.15, 0.2) is 0 Å². The van der Waals surface area contributed by atoms with Crippen LogP contribution in [-0.2, 0) is 6.54 Å². The highest BCUT2D eigenvalue weighted by molar-refractivity contribution is 7.16. The Balaban J connectivity index is 2.09. The zero-order valence-electron chi connectivity index (χ0n) is 10.1. The van der Waals surface area contributed by atoms with Gasteiger partial charge >= 0.3 is 0 Å². The Kier molecular flexibility index (Phi) is 7.05. The van der Waals surface area contributed by atoms with Gasteiger partial charge in [-0.1, -0.05) is 18.0 Å².